The normalized spacial score (nSPS) is 10.7. The lowest BCUT2D eigenvalue weighted by Gasteiger charge is -2.30. The van der Waals surface area contributed by atoms with Crippen LogP contribution in [0.5, 0.6) is 28.7 Å². The van der Waals surface area contributed by atoms with Crippen molar-refractivity contribution in [3.63, 3.8) is 0 Å². The van der Waals surface area contributed by atoms with Crippen molar-refractivity contribution in [3.05, 3.63) is 197 Å². The van der Waals surface area contributed by atoms with Crippen LogP contribution in [0.1, 0.15) is 106 Å². The van der Waals surface area contributed by atoms with Gasteiger partial charge in [-0.15, -0.1) is 0 Å². The van der Waals surface area contributed by atoms with Crippen LogP contribution in [0.3, 0.4) is 0 Å². The third kappa shape index (κ3) is 15.0. The highest BCUT2D eigenvalue weighted by Crippen LogP contribution is 2.37. The third-order valence-electron chi connectivity index (χ3n) is 11.0. The lowest BCUT2D eigenvalue weighted by molar-refractivity contribution is -0.137. The maximum absolute atomic E-state index is 12.0. The van der Waals surface area contributed by atoms with E-state index in [4.69, 9.17) is 14.2 Å². The molecule has 348 valence electrons. The summed E-state index contributed by atoms with van der Waals surface area (Å²) in [4.78, 5) is 44.7. The van der Waals surface area contributed by atoms with Crippen LogP contribution in [0.15, 0.2) is 158 Å². The van der Waals surface area contributed by atoms with Crippen LogP contribution in [-0.4, -0.2) is 44.5 Å². The summed E-state index contributed by atoms with van der Waals surface area (Å²) in [5.74, 6) is 3.46. The zero-order chi connectivity index (χ0) is 49.3. The number of ketones is 4. The Morgan fingerprint density at radius 2 is 0.761 bits per heavy atom. The molecule has 0 fully saturated rings. The van der Waals surface area contributed by atoms with E-state index in [1.54, 1.807) is 88.7 Å². The lowest BCUT2D eigenvalue weighted by Crippen LogP contribution is -2.22. The number of hydrogen-bond donors (Lipinski definition) is 0. The fraction of sp³-hybridized carbons (Fsp3) is 0.214. The van der Waals surface area contributed by atoms with E-state index in [2.05, 4.69) is 42.8 Å². The average Bonchev–Trinajstić information content (AvgIpc) is 3.34. The van der Waals surface area contributed by atoms with Crippen molar-refractivity contribution in [1.82, 2.24) is 0 Å². The maximum Gasteiger partial charge on any atom is 0.416 e. The molecule has 0 N–H and O–H groups in total. The monoisotopic (exact) mass is 912 g/mol. The lowest BCUT2D eigenvalue weighted by atomic mass is 9.74. The number of alkyl halides is 3. The molecule has 0 spiro atoms. The van der Waals surface area contributed by atoms with Crippen molar-refractivity contribution >= 4 is 33.9 Å². The van der Waals surface area contributed by atoms with Gasteiger partial charge in [-0.05, 0) is 159 Å². The number of Topliss-reactive ketones (excluding diaryl/α,β-unsaturated/α-hetero) is 4. The standard InChI is InChI=1S/C18H22O2.C16H14O3.C14H12O2.C8H7F3O/c1-5-18(2,14-6-10-16(19-3)11-7-14)15-8-12-17(20-4)13-9-15;1-11(17)13-3-7-15(8-4-13)19-16-9-5-14(6-10-16)12(2)18;1-9(15)11-3-5-14-8-12(10(2)16)4-6-13(14)7-11;1-12-7-4-2-3-6(5-7)8(9,10)11/h6-13H,5H2,1-4H3;3-10H,1-2H3;3-8H,1-2H3;2-5H,1H3. The Labute approximate surface area is 390 Å². The fourth-order valence-electron chi connectivity index (χ4n) is 6.63. The van der Waals surface area contributed by atoms with Crippen LogP contribution in [-0.2, 0) is 11.6 Å². The molecule has 0 atom stereocenters. The first kappa shape index (κ1) is 52.1. The van der Waals surface area contributed by atoms with E-state index in [-0.39, 0.29) is 34.3 Å². The molecule has 7 aromatic rings. The number of benzene rings is 7. The van der Waals surface area contributed by atoms with Crippen LogP contribution in [0.4, 0.5) is 13.2 Å². The quantitative estimate of drug-likeness (QED) is 0.112. The summed E-state index contributed by atoms with van der Waals surface area (Å²) < 4.78 is 56.9. The van der Waals surface area contributed by atoms with Gasteiger partial charge in [-0.25, -0.2) is 0 Å². The Kier molecular flexibility index (Phi) is 18.8. The first-order valence-electron chi connectivity index (χ1n) is 21.3. The van der Waals surface area contributed by atoms with E-state index < -0.39 is 11.7 Å². The second-order valence-electron chi connectivity index (χ2n) is 15.5. The number of carbonyl (C=O) groups excluding carboxylic acids is 4. The highest BCUT2D eigenvalue weighted by atomic mass is 19.4. The number of fused-ring (bicyclic) bond motifs is 1. The van der Waals surface area contributed by atoms with E-state index in [1.807, 2.05) is 48.5 Å². The van der Waals surface area contributed by atoms with Crippen molar-refractivity contribution in [3.8, 4) is 28.7 Å². The summed E-state index contributed by atoms with van der Waals surface area (Å²) in [5.41, 5.74) is 4.60. The van der Waals surface area contributed by atoms with Gasteiger partial charge >= 0.3 is 6.18 Å². The largest absolute Gasteiger partial charge is 0.497 e. The molecule has 0 amide bonds. The van der Waals surface area contributed by atoms with Crippen LogP contribution >= 0.6 is 0 Å². The minimum atomic E-state index is -4.30. The molecule has 11 heteroatoms. The molecule has 0 aromatic heterocycles. The zero-order valence-electron chi connectivity index (χ0n) is 39.1. The Balaban J connectivity index is 0.000000198. The molecule has 0 saturated carbocycles. The number of hydrogen-bond acceptors (Lipinski definition) is 8. The SMILES string of the molecule is CC(=O)c1ccc(Oc2ccc(C(C)=O)cc2)cc1.CC(=O)c1ccc2cc(C(C)=O)ccc2c1.CCC(C)(c1ccc(OC)cc1)c1ccc(OC)cc1.COc1cccc(C(F)(F)F)c1. The highest BCUT2D eigenvalue weighted by Gasteiger charge is 2.30. The van der Waals surface area contributed by atoms with Crippen LogP contribution < -0.4 is 18.9 Å². The smallest absolute Gasteiger partial charge is 0.416 e. The van der Waals surface area contributed by atoms with Crippen molar-refractivity contribution in [1.29, 1.82) is 0 Å². The summed E-state index contributed by atoms with van der Waals surface area (Å²) in [6, 6.07) is 46.3. The second kappa shape index (κ2) is 24.1. The topological polar surface area (TPSA) is 105 Å². The van der Waals surface area contributed by atoms with Gasteiger partial charge in [0.25, 0.3) is 0 Å². The second-order valence-corrected chi connectivity index (χ2v) is 15.5. The number of halogens is 3. The number of carbonyl (C=O) groups is 4. The minimum absolute atomic E-state index is 0.00145. The Hall–Kier alpha value is -7.53. The highest BCUT2D eigenvalue weighted by molar-refractivity contribution is 6.01. The predicted octanol–water partition coefficient (Wildman–Crippen LogP) is 14.3. The van der Waals surface area contributed by atoms with E-state index >= 15 is 0 Å². The molecule has 0 aliphatic rings. The molecular formula is C56H55F3O8. The fourth-order valence-corrected chi connectivity index (χ4v) is 6.63. The Morgan fingerprint density at radius 1 is 0.418 bits per heavy atom. The van der Waals surface area contributed by atoms with Gasteiger partial charge in [-0.1, -0.05) is 68.4 Å². The molecule has 67 heavy (non-hydrogen) atoms. The summed E-state index contributed by atoms with van der Waals surface area (Å²) in [6.07, 6.45) is -3.26. The molecule has 8 nitrogen and oxygen atoms in total. The van der Waals surface area contributed by atoms with Crippen molar-refractivity contribution in [2.75, 3.05) is 21.3 Å². The molecule has 0 heterocycles. The van der Waals surface area contributed by atoms with Crippen LogP contribution in [0.2, 0.25) is 0 Å². The van der Waals surface area contributed by atoms with Crippen molar-refractivity contribution < 1.29 is 51.3 Å². The first-order valence-corrected chi connectivity index (χ1v) is 21.3. The van der Waals surface area contributed by atoms with E-state index in [1.165, 1.54) is 44.2 Å². The third-order valence-corrected chi connectivity index (χ3v) is 11.0. The van der Waals surface area contributed by atoms with Crippen LogP contribution in [0.25, 0.3) is 10.8 Å². The number of methoxy groups -OCH3 is 3. The predicted molar refractivity (Wildman–Crippen MR) is 258 cm³/mol. The molecular weight excluding hydrogens is 858 g/mol. The minimum Gasteiger partial charge on any atom is -0.497 e. The van der Waals surface area contributed by atoms with E-state index in [9.17, 15) is 32.3 Å². The maximum atomic E-state index is 12.0. The molecule has 7 rings (SSSR count). The number of ether oxygens (including phenoxy) is 4. The van der Waals surface area contributed by atoms with Gasteiger partial charge in [0.2, 0.25) is 0 Å². The molecule has 7 aromatic carbocycles. The molecule has 0 aliphatic carbocycles. The zero-order valence-corrected chi connectivity index (χ0v) is 39.1. The summed E-state index contributed by atoms with van der Waals surface area (Å²) in [5, 5.41) is 1.97. The van der Waals surface area contributed by atoms with E-state index in [0.29, 0.717) is 33.8 Å². The van der Waals surface area contributed by atoms with Crippen molar-refractivity contribution in [2.45, 2.75) is 59.6 Å². The Morgan fingerprint density at radius 3 is 1.07 bits per heavy atom. The van der Waals surface area contributed by atoms with Gasteiger partial charge < -0.3 is 18.9 Å². The van der Waals surface area contributed by atoms with Gasteiger partial charge in [-0.3, -0.25) is 19.2 Å². The molecule has 0 aliphatic heterocycles. The average molecular weight is 913 g/mol. The van der Waals surface area contributed by atoms with E-state index in [0.717, 1.165) is 40.8 Å². The van der Waals surface area contributed by atoms with Gasteiger partial charge in [0, 0.05) is 27.7 Å². The Bertz CT molecular complexity index is 2590. The van der Waals surface area contributed by atoms with Crippen LogP contribution in [0, 0.1) is 0 Å². The van der Waals surface area contributed by atoms with Crippen molar-refractivity contribution in [2.24, 2.45) is 0 Å². The van der Waals surface area contributed by atoms with Gasteiger partial charge in [-0.2, -0.15) is 13.2 Å². The van der Waals surface area contributed by atoms with Gasteiger partial charge in [0.05, 0.1) is 26.9 Å². The molecule has 0 bridgehead atoms. The summed E-state index contributed by atoms with van der Waals surface area (Å²) >= 11 is 0. The van der Waals surface area contributed by atoms with Gasteiger partial charge in [0.1, 0.15) is 28.7 Å². The first-order chi connectivity index (χ1) is 31.8. The van der Waals surface area contributed by atoms with Gasteiger partial charge in [0.15, 0.2) is 23.1 Å². The summed E-state index contributed by atoms with van der Waals surface area (Å²) in [6.45, 7) is 10.6. The molecule has 0 unspecified atom stereocenters. The number of rotatable bonds is 12. The summed E-state index contributed by atoms with van der Waals surface area (Å²) in [7, 11) is 4.71. The molecule has 0 radical (unpaired) electrons. The molecule has 0 saturated heterocycles.